The van der Waals surface area contributed by atoms with Crippen LogP contribution in [0, 0.1) is 0 Å². The van der Waals surface area contributed by atoms with E-state index < -0.39 is 10.0 Å². The fraction of sp³-hybridized carbons (Fsp3) is 0.0800. The van der Waals surface area contributed by atoms with E-state index in [-0.39, 0.29) is 4.90 Å². The second-order valence-corrected chi connectivity index (χ2v) is 9.64. The summed E-state index contributed by atoms with van der Waals surface area (Å²) in [6, 6.07) is 25.8. The van der Waals surface area contributed by atoms with Crippen LogP contribution in [0.4, 0.5) is 0 Å². The molecular weight excluding hydrogens is 504 g/mol. The van der Waals surface area contributed by atoms with E-state index in [9.17, 15) is 8.42 Å². The Balaban J connectivity index is 1.51. The normalized spacial score (nSPS) is 11.6. The van der Waals surface area contributed by atoms with Gasteiger partial charge in [-0.15, -0.1) is 0 Å². The molecule has 0 bridgehead atoms. The number of benzene rings is 4. The van der Waals surface area contributed by atoms with Gasteiger partial charge in [-0.25, -0.2) is 4.83 Å². The number of sulfonamides is 1. The van der Waals surface area contributed by atoms with Crippen LogP contribution in [-0.2, 0) is 16.6 Å². The lowest BCUT2D eigenvalue weighted by Crippen LogP contribution is -2.18. The molecule has 8 heteroatoms. The van der Waals surface area contributed by atoms with Gasteiger partial charge in [0.1, 0.15) is 6.61 Å². The molecule has 0 saturated carbocycles. The molecule has 4 aromatic rings. The molecule has 0 radical (unpaired) electrons. The number of methoxy groups -OCH3 is 1. The Morgan fingerprint density at radius 1 is 0.970 bits per heavy atom. The fourth-order valence-electron chi connectivity index (χ4n) is 3.35. The van der Waals surface area contributed by atoms with Gasteiger partial charge in [-0.05, 0) is 62.1 Å². The molecule has 0 saturated heterocycles. The highest BCUT2D eigenvalue weighted by atomic mass is 79.9. The highest BCUT2D eigenvalue weighted by Gasteiger charge is 2.14. The molecule has 1 N–H and O–H groups in total. The van der Waals surface area contributed by atoms with Crippen molar-refractivity contribution >= 4 is 42.9 Å². The lowest BCUT2D eigenvalue weighted by atomic mass is 10.1. The standard InChI is InChI=1S/C25H21BrN2O4S/c1-31-24-15-18(16-27-28-33(29,30)21-11-3-2-4-12-21)14-23(26)25(24)32-17-20-10-7-9-19-8-5-6-13-22(19)20/h2-16,28H,17H2,1H3/b27-16-. The van der Waals surface area contributed by atoms with Gasteiger partial charge in [0.25, 0.3) is 10.0 Å². The van der Waals surface area contributed by atoms with Gasteiger partial charge in [-0.1, -0.05) is 60.7 Å². The third-order valence-electron chi connectivity index (χ3n) is 4.94. The van der Waals surface area contributed by atoms with Gasteiger partial charge in [0.15, 0.2) is 11.5 Å². The van der Waals surface area contributed by atoms with E-state index in [0.717, 1.165) is 16.3 Å². The zero-order valence-corrected chi connectivity index (χ0v) is 20.1. The van der Waals surface area contributed by atoms with E-state index in [4.69, 9.17) is 9.47 Å². The predicted molar refractivity (Wildman–Crippen MR) is 133 cm³/mol. The maximum absolute atomic E-state index is 12.3. The molecule has 0 atom stereocenters. The molecule has 4 aromatic carbocycles. The topological polar surface area (TPSA) is 77.0 Å². The Morgan fingerprint density at radius 3 is 2.48 bits per heavy atom. The Bertz CT molecular complexity index is 1400. The first-order valence-corrected chi connectivity index (χ1v) is 12.3. The molecule has 0 aliphatic rings. The van der Waals surface area contributed by atoms with E-state index in [1.165, 1.54) is 18.3 Å². The van der Waals surface area contributed by atoms with E-state index in [1.807, 2.05) is 24.3 Å². The summed E-state index contributed by atoms with van der Waals surface area (Å²) in [5.74, 6) is 1.05. The number of hydrogen-bond donors (Lipinski definition) is 1. The molecule has 0 aromatic heterocycles. The summed E-state index contributed by atoms with van der Waals surface area (Å²) >= 11 is 3.52. The van der Waals surface area contributed by atoms with Crippen molar-refractivity contribution in [3.63, 3.8) is 0 Å². The van der Waals surface area contributed by atoms with E-state index in [0.29, 0.717) is 28.1 Å². The molecule has 0 heterocycles. The van der Waals surface area contributed by atoms with Crippen LogP contribution in [0.3, 0.4) is 0 Å². The van der Waals surface area contributed by atoms with Crippen molar-refractivity contribution in [3.05, 3.63) is 101 Å². The van der Waals surface area contributed by atoms with Gasteiger partial charge in [0.05, 0.1) is 22.7 Å². The summed E-state index contributed by atoms with van der Waals surface area (Å²) in [5.41, 5.74) is 1.69. The van der Waals surface area contributed by atoms with Crippen LogP contribution >= 0.6 is 15.9 Å². The van der Waals surface area contributed by atoms with Crippen molar-refractivity contribution in [1.82, 2.24) is 4.83 Å². The molecule has 0 amide bonds. The van der Waals surface area contributed by atoms with Gasteiger partial charge < -0.3 is 9.47 Å². The quantitative estimate of drug-likeness (QED) is 0.244. The Kier molecular flexibility index (Phi) is 6.96. The highest BCUT2D eigenvalue weighted by Crippen LogP contribution is 2.37. The molecular formula is C25H21BrN2O4S. The summed E-state index contributed by atoms with van der Waals surface area (Å²) in [4.78, 5) is 2.35. The number of hydrazone groups is 1. The average Bonchev–Trinajstić information content (AvgIpc) is 2.83. The molecule has 168 valence electrons. The molecule has 0 aliphatic heterocycles. The highest BCUT2D eigenvalue weighted by molar-refractivity contribution is 9.10. The molecule has 33 heavy (non-hydrogen) atoms. The van der Waals surface area contributed by atoms with Gasteiger partial charge >= 0.3 is 0 Å². The smallest absolute Gasteiger partial charge is 0.276 e. The lowest BCUT2D eigenvalue weighted by molar-refractivity contribution is 0.283. The van der Waals surface area contributed by atoms with Gasteiger partial charge in [0, 0.05) is 0 Å². The number of fused-ring (bicyclic) bond motifs is 1. The van der Waals surface area contributed by atoms with Crippen molar-refractivity contribution in [2.24, 2.45) is 5.10 Å². The van der Waals surface area contributed by atoms with Crippen LogP contribution in [-0.4, -0.2) is 21.7 Å². The predicted octanol–water partition coefficient (Wildman–Crippen LogP) is 5.50. The third kappa shape index (κ3) is 5.35. The van der Waals surface area contributed by atoms with Gasteiger partial charge in [0.2, 0.25) is 0 Å². The van der Waals surface area contributed by atoms with Crippen LogP contribution in [0.15, 0.2) is 99.4 Å². The average molecular weight is 525 g/mol. The molecule has 4 rings (SSSR count). The number of rotatable bonds is 8. The third-order valence-corrected chi connectivity index (χ3v) is 6.77. The number of nitrogens with one attached hydrogen (secondary N) is 1. The zero-order chi connectivity index (χ0) is 23.3. The fourth-order valence-corrected chi connectivity index (χ4v) is 4.73. The minimum Gasteiger partial charge on any atom is -0.493 e. The van der Waals surface area contributed by atoms with Crippen molar-refractivity contribution in [2.75, 3.05) is 7.11 Å². The largest absolute Gasteiger partial charge is 0.493 e. The molecule has 0 aliphatic carbocycles. The van der Waals surface area contributed by atoms with Crippen LogP contribution in [0.1, 0.15) is 11.1 Å². The number of nitrogens with zero attached hydrogens (tertiary/aromatic N) is 1. The van der Waals surface area contributed by atoms with Crippen molar-refractivity contribution in [2.45, 2.75) is 11.5 Å². The SMILES string of the molecule is COc1cc(/C=N\NS(=O)(=O)c2ccccc2)cc(Br)c1OCc1cccc2ccccc12. The summed E-state index contributed by atoms with van der Waals surface area (Å²) in [7, 11) is -2.19. The number of hydrogen-bond acceptors (Lipinski definition) is 5. The molecule has 0 unspecified atom stereocenters. The first-order chi connectivity index (χ1) is 16.0. The van der Waals surface area contributed by atoms with Gasteiger partial charge in [-0.3, -0.25) is 0 Å². The first kappa shape index (κ1) is 22.8. The number of halogens is 1. The summed E-state index contributed by atoms with van der Waals surface area (Å²) < 4.78 is 36.9. The van der Waals surface area contributed by atoms with Crippen molar-refractivity contribution in [3.8, 4) is 11.5 Å². The second-order valence-electron chi connectivity index (χ2n) is 7.13. The van der Waals surface area contributed by atoms with Crippen LogP contribution in [0.25, 0.3) is 10.8 Å². The Morgan fingerprint density at radius 2 is 1.70 bits per heavy atom. The summed E-state index contributed by atoms with van der Waals surface area (Å²) in [6.07, 6.45) is 1.41. The minimum absolute atomic E-state index is 0.137. The molecule has 6 nitrogen and oxygen atoms in total. The van der Waals surface area contributed by atoms with Crippen LogP contribution in [0.2, 0.25) is 0 Å². The van der Waals surface area contributed by atoms with Crippen LogP contribution in [0.5, 0.6) is 11.5 Å². The van der Waals surface area contributed by atoms with Crippen molar-refractivity contribution in [1.29, 1.82) is 0 Å². The number of ether oxygens (including phenoxy) is 2. The lowest BCUT2D eigenvalue weighted by Gasteiger charge is -2.14. The Labute approximate surface area is 201 Å². The van der Waals surface area contributed by atoms with Gasteiger partial charge in [-0.2, -0.15) is 13.5 Å². The molecule has 0 fully saturated rings. The van der Waals surface area contributed by atoms with E-state index in [2.05, 4.69) is 44.1 Å². The minimum atomic E-state index is -3.74. The first-order valence-electron chi connectivity index (χ1n) is 10.0. The van der Waals surface area contributed by atoms with Crippen LogP contribution < -0.4 is 14.3 Å². The zero-order valence-electron chi connectivity index (χ0n) is 17.7. The summed E-state index contributed by atoms with van der Waals surface area (Å²) in [5, 5.41) is 6.16. The van der Waals surface area contributed by atoms with Crippen molar-refractivity contribution < 1.29 is 17.9 Å². The maximum Gasteiger partial charge on any atom is 0.276 e. The van der Waals surface area contributed by atoms with E-state index >= 15 is 0 Å². The van der Waals surface area contributed by atoms with E-state index in [1.54, 1.807) is 37.4 Å². The monoisotopic (exact) mass is 524 g/mol. The Hall–Kier alpha value is -3.36. The maximum atomic E-state index is 12.3. The molecule has 0 spiro atoms. The second kappa shape index (κ2) is 10.1. The summed E-state index contributed by atoms with van der Waals surface area (Å²) in [6.45, 7) is 0.362.